The van der Waals surface area contributed by atoms with Crippen molar-refractivity contribution >= 4 is 32.6 Å². The summed E-state index contributed by atoms with van der Waals surface area (Å²) < 4.78 is 2.42. The third-order valence-electron chi connectivity index (χ3n) is 11.4. The normalized spacial score (nSPS) is 13.6. The largest absolute Gasteiger partial charge is 0.309 e. The first-order valence-electron chi connectivity index (χ1n) is 17.5. The summed E-state index contributed by atoms with van der Waals surface area (Å²) >= 11 is 0. The zero-order valence-electron chi connectivity index (χ0n) is 27.9. The van der Waals surface area contributed by atoms with E-state index in [0.717, 1.165) is 16.9 Å². The van der Waals surface area contributed by atoms with Gasteiger partial charge in [0.15, 0.2) is 0 Å². The number of nitrogens with zero attached hydrogens (tertiary/aromatic N) is 2. The quantitative estimate of drug-likeness (QED) is 0.189. The van der Waals surface area contributed by atoms with Gasteiger partial charge < -0.3 is 4.57 Å². The summed E-state index contributed by atoms with van der Waals surface area (Å²) in [6, 6.07) is 55.9. The number of aromatic nitrogens is 2. The standard InChI is InChI=1S/C48H32N2/c1-48(2)41-19-7-5-15-35(41)36-23-21-30(27-42(36)48)29-22-24-44-40(26-29)37-16-6-8-20-43(37)50(44)33-13-9-11-31(25-33)47-46-39-17-4-3-14-34(39)38-18-10-12-32(28-49-47)45(38)46/h3-28H,1-2H3. The second kappa shape index (κ2) is 9.90. The Morgan fingerprint density at radius 2 is 1.18 bits per heavy atom. The van der Waals surface area contributed by atoms with Crippen LogP contribution in [0, 0.1) is 0 Å². The van der Waals surface area contributed by atoms with Crippen molar-refractivity contribution in [1.82, 2.24) is 9.55 Å². The molecule has 2 nitrogen and oxygen atoms in total. The molecule has 0 radical (unpaired) electrons. The Hall–Kier alpha value is -6.25. The molecule has 7 aromatic carbocycles. The van der Waals surface area contributed by atoms with Crippen molar-refractivity contribution in [2.24, 2.45) is 0 Å². The van der Waals surface area contributed by atoms with Crippen LogP contribution in [0.3, 0.4) is 0 Å². The lowest BCUT2D eigenvalue weighted by Crippen LogP contribution is -2.14. The van der Waals surface area contributed by atoms with Gasteiger partial charge in [0.25, 0.3) is 0 Å². The molecular formula is C48H32N2. The van der Waals surface area contributed by atoms with Crippen molar-refractivity contribution in [2.75, 3.05) is 0 Å². The molecule has 2 aliphatic carbocycles. The van der Waals surface area contributed by atoms with Crippen LogP contribution in [0.25, 0.3) is 94.0 Å². The van der Waals surface area contributed by atoms with Crippen LogP contribution in [0.15, 0.2) is 158 Å². The molecular weight excluding hydrogens is 605 g/mol. The predicted molar refractivity (Wildman–Crippen MR) is 209 cm³/mol. The van der Waals surface area contributed by atoms with Crippen LogP contribution in [-0.2, 0) is 5.41 Å². The Balaban J connectivity index is 1.07. The Bertz CT molecular complexity index is 2900. The van der Waals surface area contributed by atoms with Gasteiger partial charge in [-0.3, -0.25) is 4.98 Å². The van der Waals surface area contributed by atoms with Crippen molar-refractivity contribution in [1.29, 1.82) is 0 Å². The minimum atomic E-state index is -0.0318. The molecule has 11 rings (SSSR count). The van der Waals surface area contributed by atoms with Gasteiger partial charge in [0, 0.05) is 50.0 Å². The Morgan fingerprint density at radius 3 is 2.10 bits per heavy atom. The fourth-order valence-electron chi connectivity index (χ4n) is 9.02. The highest BCUT2D eigenvalue weighted by Gasteiger charge is 2.35. The van der Waals surface area contributed by atoms with Crippen LogP contribution < -0.4 is 0 Å². The number of benzene rings is 7. The van der Waals surface area contributed by atoms with Crippen molar-refractivity contribution in [2.45, 2.75) is 19.3 Å². The molecule has 0 amide bonds. The highest BCUT2D eigenvalue weighted by molar-refractivity contribution is 6.18. The maximum atomic E-state index is 5.11. The average molecular weight is 637 g/mol. The van der Waals surface area contributed by atoms with E-state index < -0.39 is 0 Å². The third kappa shape index (κ3) is 3.65. The van der Waals surface area contributed by atoms with Crippen molar-refractivity contribution in [3.63, 3.8) is 0 Å². The monoisotopic (exact) mass is 636 g/mol. The van der Waals surface area contributed by atoms with Gasteiger partial charge in [-0.05, 0) is 86.5 Å². The average Bonchev–Trinajstić information content (AvgIpc) is 3.76. The Morgan fingerprint density at radius 1 is 0.480 bits per heavy atom. The molecule has 0 saturated heterocycles. The van der Waals surface area contributed by atoms with E-state index in [1.807, 2.05) is 6.20 Å². The van der Waals surface area contributed by atoms with Gasteiger partial charge in [0.1, 0.15) is 0 Å². The molecule has 2 heteroatoms. The van der Waals surface area contributed by atoms with E-state index in [0.29, 0.717) is 0 Å². The number of pyridine rings is 1. The summed E-state index contributed by atoms with van der Waals surface area (Å²) in [5, 5.41) is 4.99. The number of para-hydroxylation sites is 1. The topological polar surface area (TPSA) is 17.8 Å². The predicted octanol–water partition coefficient (Wildman–Crippen LogP) is 12.6. The molecule has 234 valence electrons. The maximum Gasteiger partial charge on any atom is 0.0787 e. The van der Waals surface area contributed by atoms with Crippen LogP contribution in [0.2, 0.25) is 0 Å². The van der Waals surface area contributed by atoms with Gasteiger partial charge in [-0.15, -0.1) is 0 Å². The van der Waals surface area contributed by atoms with Crippen molar-refractivity contribution in [3.05, 3.63) is 169 Å². The van der Waals surface area contributed by atoms with Gasteiger partial charge >= 0.3 is 0 Å². The fourth-order valence-corrected chi connectivity index (χ4v) is 9.02. The van der Waals surface area contributed by atoms with E-state index in [-0.39, 0.29) is 5.41 Å². The molecule has 0 aliphatic heterocycles. The molecule has 2 aromatic heterocycles. The zero-order chi connectivity index (χ0) is 33.1. The van der Waals surface area contributed by atoms with Gasteiger partial charge in [0.05, 0.1) is 16.7 Å². The van der Waals surface area contributed by atoms with Gasteiger partial charge in [-0.2, -0.15) is 0 Å². The van der Waals surface area contributed by atoms with E-state index in [1.54, 1.807) is 0 Å². The molecule has 0 unspecified atom stereocenters. The first kappa shape index (κ1) is 27.7. The van der Waals surface area contributed by atoms with E-state index in [4.69, 9.17) is 4.98 Å². The van der Waals surface area contributed by atoms with E-state index in [1.165, 1.54) is 88.2 Å². The van der Waals surface area contributed by atoms with Crippen LogP contribution in [0.1, 0.15) is 25.0 Å². The lowest BCUT2D eigenvalue weighted by Gasteiger charge is -2.22. The molecule has 0 spiro atoms. The number of hydrogen-bond donors (Lipinski definition) is 0. The number of fused-ring (bicyclic) bond motifs is 9. The third-order valence-corrected chi connectivity index (χ3v) is 11.4. The smallest absolute Gasteiger partial charge is 0.0787 e. The van der Waals surface area contributed by atoms with Crippen LogP contribution >= 0.6 is 0 Å². The van der Waals surface area contributed by atoms with Crippen molar-refractivity contribution in [3.8, 4) is 61.5 Å². The molecule has 2 aliphatic rings. The summed E-state index contributed by atoms with van der Waals surface area (Å²) in [7, 11) is 0. The highest BCUT2D eigenvalue weighted by Crippen LogP contribution is 2.51. The molecule has 0 atom stereocenters. The van der Waals surface area contributed by atoms with Crippen LogP contribution in [0.4, 0.5) is 0 Å². The van der Waals surface area contributed by atoms with E-state index in [2.05, 4.69) is 170 Å². The Kier molecular flexibility index (Phi) is 5.48. The second-order valence-corrected chi connectivity index (χ2v) is 14.4. The zero-order valence-corrected chi connectivity index (χ0v) is 27.9. The summed E-state index contributed by atoms with van der Waals surface area (Å²) in [6.07, 6.45) is 2.04. The Labute approximate surface area is 290 Å². The molecule has 0 N–H and O–H groups in total. The van der Waals surface area contributed by atoms with Crippen molar-refractivity contribution < 1.29 is 0 Å². The summed E-state index contributed by atoms with van der Waals surface area (Å²) in [6.45, 7) is 4.70. The lowest BCUT2D eigenvalue weighted by atomic mass is 9.81. The summed E-state index contributed by atoms with van der Waals surface area (Å²) in [5.41, 5.74) is 18.7. The van der Waals surface area contributed by atoms with Crippen LogP contribution in [0.5, 0.6) is 0 Å². The minimum Gasteiger partial charge on any atom is -0.309 e. The number of hydrogen-bond acceptors (Lipinski definition) is 1. The lowest BCUT2D eigenvalue weighted by molar-refractivity contribution is 0.660. The molecule has 50 heavy (non-hydrogen) atoms. The second-order valence-electron chi connectivity index (χ2n) is 14.4. The minimum absolute atomic E-state index is 0.0318. The molecule has 0 saturated carbocycles. The first-order chi connectivity index (χ1) is 24.6. The van der Waals surface area contributed by atoms with E-state index in [9.17, 15) is 0 Å². The SMILES string of the molecule is CC1(C)c2ccccc2-c2ccc(-c3ccc4c(c3)c3ccccc3n4-c3cccc(-c4ncc5cccc6c5c4-c4ccccc4-6)c3)cc21. The summed E-state index contributed by atoms with van der Waals surface area (Å²) in [5.74, 6) is 0. The van der Waals surface area contributed by atoms with Gasteiger partial charge in [-0.25, -0.2) is 0 Å². The number of rotatable bonds is 3. The molecule has 9 aromatic rings. The molecule has 2 heterocycles. The van der Waals surface area contributed by atoms with Crippen LogP contribution in [-0.4, -0.2) is 9.55 Å². The maximum absolute atomic E-state index is 5.11. The first-order valence-corrected chi connectivity index (χ1v) is 17.5. The molecule has 0 bridgehead atoms. The molecule has 0 fully saturated rings. The summed E-state index contributed by atoms with van der Waals surface area (Å²) in [4.78, 5) is 5.11. The van der Waals surface area contributed by atoms with Gasteiger partial charge in [-0.1, -0.05) is 129 Å². The van der Waals surface area contributed by atoms with Gasteiger partial charge in [0.2, 0.25) is 0 Å². The highest BCUT2D eigenvalue weighted by atomic mass is 15.0. The van der Waals surface area contributed by atoms with E-state index >= 15 is 0 Å². The fraction of sp³-hybridized carbons (Fsp3) is 0.0625.